The van der Waals surface area contributed by atoms with Gasteiger partial charge in [-0.05, 0) is 24.8 Å². The zero-order valence-corrected chi connectivity index (χ0v) is 10.4. The second-order valence-corrected chi connectivity index (χ2v) is 4.69. The average Bonchev–Trinajstić information content (AvgIpc) is 2.39. The molecule has 1 aliphatic heterocycles. The Morgan fingerprint density at radius 3 is 2.68 bits per heavy atom. The fourth-order valence-corrected chi connectivity index (χ4v) is 2.31. The highest BCUT2D eigenvalue weighted by molar-refractivity contribution is 5.94. The molecule has 5 nitrogen and oxygen atoms in total. The van der Waals surface area contributed by atoms with Crippen LogP contribution >= 0.6 is 0 Å². The molecule has 0 aromatic carbocycles. The van der Waals surface area contributed by atoms with E-state index in [4.69, 9.17) is 5.11 Å². The summed E-state index contributed by atoms with van der Waals surface area (Å²) in [5, 5.41) is 8.72. The van der Waals surface area contributed by atoms with E-state index in [1.807, 2.05) is 0 Å². The van der Waals surface area contributed by atoms with Crippen LogP contribution in [0.3, 0.4) is 0 Å². The van der Waals surface area contributed by atoms with Crippen molar-refractivity contribution in [1.29, 1.82) is 0 Å². The van der Waals surface area contributed by atoms with Crippen LogP contribution in [0.5, 0.6) is 0 Å². The van der Waals surface area contributed by atoms with Gasteiger partial charge in [0.05, 0.1) is 11.8 Å². The summed E-state index contributed by atoms with van der Waals surface area (Å²) in [4.78, 5) is 27.9. The number of carbonyl (C=O) groups is 2. The van der Waals surface area contributed by atoms with Crippen molar-refractivity contribution in [3.8, 4) is 0 Å². The molecule has 1 aromatic heterocycles. The maximum absolute atomic E-state index is 13.5. The van der Waals surface area contributed by atoms with Gasteiger partial charge in [0, 0.05) is 25.7 Å². The molecule has 19 heavy (non-hydrogen) atoms. The maximum atomic E-state index is 13.5. The minimum Gasteiger partial charge on any atom is -0.481 e. The second kappa shape index (κ2) is 5.77. The molecule has 1 fully saturated rings. The Kier molecular flexibility index (Phi) is 4.09. The van der Waals surface area contributed by atoms with Crippen LogP contribution in [-0.2, 0) is 4.79 Å². The number of carboxylic acids is 1. The first-order valence-electron chi connectivity index (χ1n) is 6.18. The minimum atomic E-state index is -0.815. The largest absolute Gasteiger partial charge is 0.481 e. The summed E-state index contributed by atoms with van der Waals surface area (Å²) in [5.41, 5.74) is 0.0201. The summed E-state index contributed by atoms with van der Waals surface area (Å²) in [5.74, 6) is -1.69. The lowest BCUT2D eigenvalue weighted by molar-refractivity contribution is -0.138. The quantitative estimate of drug-likeness (QED) is 0.901. The van der Waals surface area contributed by atoms with E-state index < -0.39 is 11.8 Å². The van der Waals surface area contributed by atoms with Gasteiger partial charge in [-0.25, -0.2) is 4.39 Å². The van der Waals surface area contributed by atoms with Crippen LogP contribution in [0.4, 0.5) is 4.39 Å². The van der Waals surface area contributed by atoms with Crippen LogP contribution in [0.25, 0.3) is 0 Å². The Labute approximate surface area is 110 Å². The van der Waals surface area contributed by atoms with Crippen LogP contribution < -0.4 is 0 Å². The lowest BCUT2D eigenvalue weighted by atomic mass is 9.93. The third-order valence-electron chi connectivity index (χ3n) is 3.37. The number of nitrogens with zero attached hydrogens (tertiary/aromatic N) is 2. The molecule has 0 atom stereocenters. The van der Waals surface area contributed by atoms with Crippen molar-refractivity contribution in [2.24, 2.45) is 5.92 Å². The van der Waals surface area contributed by atoms with Crippen LogP contribution in [-0.4, -0.2) is 40.0 Å². The summed E-state index contributed by atoms with van der Waals surface area (Å²) in [6.45, 7) is 0.942. The van der Waals surface area contributed by atoms with Gasteiger partial charge in [0.2, 0.25) is 0 Å². The van der Waals surface area contributed by atoms with E-state index in [2.05, 4.69) is 4.98 Å². The maximum Gasteiger partial charge on any atom is 0.303 e. The number of likely N-dealkylation sites (tertiary alicyclic amines) is 1. The molecular formula is C13H15FN2O3. The molecule has 0 spiro atoms. The SMILES string of the molecule is O=C(O)CC1CCN(C(=O)c2ccncc2F)CC1. The van der Waals surface area contributed by atoms with Gasteiger partial charge >= 0.3 is 5.97 Å². The van der Waals surface area contributed by atoms with E-state index in [1.54, 1.807) is 4.90 Å². The van der Waals surface area contributed by atoms with Crippen molar-refractivity contribution in [1.82, 2.24) is 9.88 Å². The predicted octanol–water partition coefficient (Wildman–Crippen LogP) is 1.55. The second-order valence-electron chi connectivity index (χ2n) is 4.69. The summed E-state index contributed by atoms with van der Waals surface area (Å²) in [7, 11) is 0. The fraction of sp³-hybridized carbons (Fsp3) is 0.462. The molecule has 1 aromatic rings. The number of carbonyl (C=O) groups excluding carboxylic acids is 1. The molecule has 0 unspecified atom stereocenters. The molecule has 0 bridgehead atoms. The number of aromatic nitrogens is 1. The molecule has 0 radical (unpaired) electrons. The first-order valence-corrected chi connectivity index (χ1v) is 6.18. The van der Waals surface area contributed by atoms with Gasteiger partial charge < -0.3 is 10.0 Å². The number of halogens is 1. The number of amides is 1. The lowest BCUT2D eigenvalue weighted by Gasteiger charge is -2.31. The number of hydrogen-bond acceptors (Lipinski definition) is 3. The van der Waals surface area contributed by atoms with E-state index in [0.29, 0.717) is 25.9 Å². The summed E-state index contributed by atoms with van der Waals surface area (Å²) >= 11 is 0. The van der Waals surface area contributed by atoms with Crippen molar-refractivity contribution in [3.05, 3.63) is 29.8 Å². The Balaban J connectivity index is 1.96. The smallest absolute Gasteiger partial charge is 0.303 e. The highest BCUT2D eigenvalue weighted by atomic mass is 19.1. The van der Waals surface area contributed by atoms with Crippen molar-refractivity contribution in [2.75, 3.05) is 13.1 Å². The molecule has 0 aliphatic carbocycles. The van der Waals surface area contributed by atoms with Crippen molar-refractivity contribution < 1.29 is 19.1 Å². The molecule has 102 valence electrons. The molecule has 1 N–H and O–H groups in total. The van der Waals surface area contributed by atoms with Gasteiger partial charge in [0.1, 0.15) is 0 Å². The van der Waals surface area contributed by atoms with Gasteiger partial charge in [-0.1, -0.05) is 0 Å². The van der Waals surface area contributed by atoms with Gasteiger partial charge in [0.15, 0.2) is 5.82 Å². The van der Waals surface area contributed by atoms with E-state index in [0.717, 1.165) is 6.20 Å². The van der Waals surface area contributed by atoms with Gasteiger partial charge in [-0.2, -0.15) is 0 Å². The topological polar surface area (TPSA) is 70.5 Å². The summed E-state index contributed by atoms with van der Waals surface area (Å²) < 4.78 is 13.5. The van der Waals surface area contributed by atoms with E-state index in [9.17, 15) is 14.0 Å². The first kappa shape index (κ1) is 13.5. The summed E-state index contributed by atoms with van der Waals surface area (Å²) in [6, 6.07) is 1.36. The third-order valence-corrected chi connectivity index (χ3v) is 3.37. The Morgan fingerprint density at radius 1 is 1.42 bits per heavy atom. The molecular weight excluding hydrogens is 251 g/mol. The predicted molar refractivity (Wildman–Crippen MR) is 65.1 cm³/mol. The van der Waals surface area contributed by atoms with Crippen molar-refractivity contribution in [2.45, 2.75) is 19.3 Å². The summed E-state index contributed by atoms with van der Waals surface area (Å²) in [6.07, 6.45) is 3.82. The highest BCUT2D eigenvalue weighted by Crippen LogP contribution is 2.22. The lowest BCUT2D eigenvalue weighted by Crippen LogP contribution is -2.39. The zero-order valence-electron chi connectivity index (χ0n) is 10.4. The van der Waals surface area contributed by atoms with Crippen molar-refractivity contribution >= 4 is 11.9 Å². The molecule has 1 aliphatic rings. The van der Waals surface area contributed by atoms with Crippen LogP contribution in [0, 0.1) is 11.7 Å². The van der Waals surface area contributed by atoms with E-state index in [-0.39, 0.29) is 23.8 Å². The molecule has 6 heteroatoms. The first-order chi connectivity index (χ1) is 9.08. The number of carboxylic acid groups (broad SMARTS) is 1. The van der Waals surface area contributed by atoms with E-state index >= 15 is 0 Å². The average molecular weight is 266 g/mol. The molecule has 1 amide bonds. The van der Waals surface area contributed by atoms with E-state index in [1.165, 1.54) is 12.3 Å². The van der Waals surface area contributed by atoms with Crippen molar-refractivity contribution in [3.63, 3.8) is 0 Å². The van der Waals surface area contributed by atoms with Crippen LogP contribution in [0.2, 0.25) is 0 Å². The molecule has 1 saturated heterocycles. The Hall–Kier alpha value is -1.98. The van der Waals surface area contributed by atoms with Gasteiger partial charge in [0.25, 0.3) is 5.91 Å². The third kappa shape index (κ3) is 3.27. The number of rotatable bonds is 3. The number of aliphatic carboxylic acids is 1. The molecule has 2 heterocycles. The highest BCUT2D eigenvalue weighted by Gasteiger charge is 2.26. The number of piperidine rings is 1. The zero-order chi connectivity index (χ0) is 13.8. The Morgan fingerprint density at radius 2 is 2.11 bits per heavy atom. The van der Waals surface area contributed by atoms with Gasteiger partial charge in [-0.3, -0.25) is 14.6 Å². The number of hydrogen-bond donors (Lipinski definition) is 1. The fourth-order valence-electron chi connectivity index (χ4n) is 2.31. The van der Waals surface area contributed by atoms with Crippen LogP contribution in [0.1, 0.15) is 29.6 Å². The minimum absolute atomic E-state index is 0.0201. The van der Waals surface area contributed by atoms with Crippen LogP contribution in [0.15, 0.2) is 18.5 Å². The normalized spacial score (nSPS) is 16.4. The molecule has 2 rings (SSSR count). The number of pyridine rings is 1. The molecule has 0 saturated carbocycles. The Bertz CT molecular complexity index is 485. The monoisotopic (exact) mass is 266 g/mol. The van der Waals surface area contributed by atoms with Gasteiger partial charge in [-0.15, -0.1) is 0 Å². The standard InChI is InChI=1S/C13H15FN2O3/c14-11-8-15-4-1-10(11)13(19)16-5-2-9(3-6-16)7-12(17)18/h1,4,8-9H,2-3,5-7H2,(H,17,18).